The number of esters is 1. The van der Waals surface area contributed by atoms with Crippen molar-refractivity contribution < 1.29 is 28.7 Å². The molecule has 0 spiro atoms. The van der Waals surface area contributed by atoms with Crippen molar-refractivity contribution in [1.29, 1.82) is 0 Å². The van der Waals surface area contributed by atoms with Crippen LogP contribution in [-0.4, -0.2) is 30.2 Å². The molecular formula is C26H21NO6. The highest BCUT2D eigenvalue weighted by molar-refractivity contribution is 6.34. The maximum Gasteiger partial charge on any atom is 0.338 e. The molecule has 0 N–H and O–H groups in total. The minimum Gasteiger partial charge on any atom is -0.457 e. The molecule has 33 heavy (non-hydrogen) atoms. The smallest absolute Gasteiger partial charge is 0.338 e. The topological polar surface area (TPSA) is 90.0 Å². The van der Waals surface area contributed by atoms with E-state index in [1.54, 1.807) is 18.2 Å². The van der Waals surface area contributed by atoms with Crippen molar-refractivity contribution >= 4 is 29.3 Å². The first kappa shape index (κ1) is 22.0. The molecule has 7 heteroatoms. The summed E-state index contributed by atoms with van der Waals surface area (Å²) in [6, 6.07) is 16.3. The zero-order valence-corrected chi connectivity index (χ0v) is 18.4. The molecule has 0 saturated heterocycles. The Labute approximate surface area is 190 Å². The average Bonchev–Trinajstić information content (AvgIpc) is 3.04. The van der Waals surface area contributed by atoms with Gasteiger partial charge in [-0.05, 0) is 86.5 Å². The molecule has 4 rings (SSSR count). The maximum absolute atomic E-state index is 13.0. The minimum absolute atomic E-state index is 0.209. The van der Waals surface area contributed by atoms with Crippen LogP contribution in [0.25, 0.3) is 0 Å². The second-order valence-corrected chi connectivity index (χ2v) is 7.83. The SMILES string of the molecule is CC(=O)COC(=O)c1ccc(N2C(=O)c3ccc(Oc4ccc(C)c(C)c4)cc3C2=O)cc1. The van der Waals surface area contributed by atoms with E-state index in [-0.39, 0.29) is 29.1 Å². The number of ketones is 1. The molecule has 166 valence electrons. The average molecular weight is 443 g/mol. The van der Waals surface area contributed by atoms with Crippen LogP contribution >= 0.6 is 0 Å². The van der Waals surface area contributed by atoms with Crippen LogP contribution in [0.3, 0.4) is 0 Å². The Morgan fingerprint density at radius 3 is 2.09 bits per heavy atom. The number of hydrogen-bond donors (Lipinski definition) is 0. The molecule has 0 fully saturated rings. The van der Waals surface area contributed by atoms with Crippen molar-refractivity contribution in [3.63, 3.8) is 0 Å². The molecule has 0 bridgehead atoms. The van der Waals surface area contributed by atoms with Gasteiger partial charge in [-0.2, -0.15) is 0 Å². The second-order valence-electron chi connectivity index (χ2n) is 7.83. The third-order valence-electron chi connectivity index (χ3n) is 5.34. The van der Waals surface area contributed by atoms with E-state index in [0.29, 0.717) is 17.2 Å². The van der Waals surface area contributed by atoms with Gasteiger partial charge < -0.3 is 9.47 Å². The highest BCUT2D eigenvalue weighted by Gasteiger charge is 2.37. The van der Waals surface area contributed by atoms with Gasteiger partial charge in [0.1, 0.15) is 18.1 Å². The summed E-state index contributed by atoms with van der Waals surface area (Å²) in [5, 5.41) is 0. The van der Waals surface area contributed by atoms with Gasteiger partial charge in [0.05, 0.1) is 22.4 Å². The lowest BCUT2D eigenvalue weighted by Crippen LogP contribution is -2.29. The Kier molecular flexibility index (Phi) is 5.79. The predicted molar refractivity (Wildman–Crippen MR) is 121 cm³/mol. The molecule has 0 atom stereocenters. The van der Waals surface area contributed by atoms with Crippen molar-refractivity contribution in [2.45, 2.75) is 20.8 Å². The number of hydrogen-bond acceptors (Lipinski definition) is 6. The first-order valence-electron chi connectivity index (χ1n) is 10.3. The molecule has 2 amide bonds. The van der Waals surface area contributed by atoms with Gasteiger partial charge in [0.15, 0.2) is 5.78 Å². The van der Waals surface area contributed by atoms with Crippen LogP contribution in [-0.2, 0) is 9.53 Å². The Hall–Kier alpha value is -4.26. The molecule has 0 aromatic heterocycles. The number of Topliss-reactive ketones (excluding diaryl/α,β-unsaturated/α-hetero) is 1. The van der Waals surface area contributed by atoms with E-state index in [2.05, 4.69) is 0 Å². The number of aryl methyl sites for hydroxylation is 2. The summed E-state index contributed by atoms with van der Waals surface area (Å²) in [5.41, 5.74) is 3.27. The van der Waals surface area contributed by atoms with Gasteiger partial charge in [0, 0.05) is 0 Å². The van der Waals surface area contributed by atoms with Gasteiger partial charge in [-0.3, -0.25) is 14.4 Å². The molecule has 0 unspecified atom stereocenters. The van der Waals surface area contributed by atoms with Crippen molar-refractivity contribution in [2.24, 2.45) is 0 Å². The Morgan fingerprint density at radius 1 is 0.788 bits per heavy atom. The van der Waals surface area contributed by atoms with E-state index < -0.39 is 17.8 Å². The summed E-state index contributed by atoms with van der Waals surface area (Å²) in [7, 11) is 0. The number of rotatable bonds is 6. The van der Waals surface area contributed by atoms with Crippen molar-refractivity contribution in [3.05, 3.63) is 88.5 Å². The number of nitrogens with zero attached hydrogens (tertiary/aromatic N) is 1. The maximum atomic E-state index is 13.0. The molecule has 0 aliphatic carbocycles. The lowest BCUT2D eigenvalue weighted by atomic mass is 10.1. The fraction of sp³-hybridized carbons (Fsp3) is 0.154. The number of imide groups is 1. The summed E-state index contributed by atoms with van der Waals surface area (Å²) < 4.78 is 10.8. The zero-order valence-electron chi connectivity index (χ0n) is 18.4. The van der Waals surface area contributed by atoms with E-state index in [0.717, 1.165) is 16.0 Å². The highest BCUT2D eigenvalue weighted by Crippen LogP contribution is 2.33. The first-order valence-corrected chi connectivity index (χ1v) is 10.3. The molecule has 0 radical (unpaired) electrons. The van der Waals surface area contributed by atoms with Gasteiger partial charge in [-0.15, -0.1) is 0 Å². The van der Waals surface area contributed by atoms with Crippen LogP contribution in [0.1, 0.15) is 49.1 Å². The molecule has 1 aliphatic rings. The number of carbonyl (C=O) groups is 4. The minimum atomic E-state index is -0.660. The van der Waals surface area contributed by atoms with E-state index in [1.807, 2.05) is 32.0 Å². The number of anilines is 1. The van der Waals surface area contributed by atoms with Gasteiger partial charge >= 0.3 is 5.97 Å². The summed E-state index contributed by atoms with van der Waals surface area (Å²) in [4.78, 5) is 49.9. The van der Waals surface area contributed by atoms with Gasteiger partial charge in [-0.25, -0.2) is 9.69 Å². The lowest BCUT2D eigenvalue weighted by molar-refractivity contribution is -0.120. The fourth-order valence-electron chi connectivity index (χ4n) is 3.43. The largest absolute Gasteiger partial charge is 0.457 e. The van der Waals surface area contributed by atoms with E-state index in [9.17, 15) is 19.2 Å². The second kappa shape index (κ2) is 8.70. The fourth-order valence-corrected chi connectivity index (χ4v) is 3.43. The molecular weight excluding hydrogens is 422 g/mol. The van der Waals surface area contributed by atoms with Crippen LogP contribution in [0.15, 0.2) is 60.7 Å². The van der Waals surface area contributed by atoms with Crippen LogP contribution in [0, 0.1) is 13.8 Å². The van der Waals surface area contributed by atoms with Crippen molar-refractivity contribution in [1.82, 2.24) is 0 Å². The van der Waals surface area contributed by atoms with Crippen molar-refractivity contribution in [2.75, 3.05) is 11.5 Å². The van der Waals surface area contributed by atoms with Crippen molar-refractivity contribution in [3.8, 4) is 11.5 Å². The monoisotopic (exact) mass is 443 g/mol. The Balaban J connectivity index is 1.54. The zero-order chi connectivity index (χ0) is 23.7. The standard InChI is InChI=1S/C26H21NO6/c1-15-4-9-20(12-16(15)2)33-21-10-11-22-23(13-21)25(30)27(24(22)29)19-7-5-18(6-8-19)26(31)32-14-17(3)28/h4-13H,14H2,1-3H3. The summed E-state index contributed by atoms with van der Waals surface area (Å²) in [6.07, 6.45) is 0. The van der Waals surface area contributed by atoms with E-state index in [1.165, 1.54) is 31.2 Å². The summed E-state index contributed by atoms with van der Waals surface area (Å²) in [6.45, 7) is 5.00. The Bertz CT molecular complexity index is 1290. The molecule has 7 nitrogen and oxygen atoms in total. The van der Waals surface area contributed by atoms with Gasteiger partial charge in [0.25, 0.3) is 11.8 Å². The third-order valence-corrected chi connectivity index (χ3v) is 5.34. The summed E-state index contributed by atoms with van der Waals surface area (Å²) in [5.74, 6) is -0.784. The van der Waals surface area contributed by atoms with Gasteiger partial charge in [-0.1, -0.05) is 6.07 Å². The van der Waals surface area contributed by atoms with Gasteiger partial charge in [0.2, 0.25) is 0 Å². The van der Waals surface area contributed by atoms with Crippen LogP contribution in [0.5, 0.6) is 11.5 Å². The molecule has 0 saturated carbocycles. The molecule has 3 aromatic rings. The predicted octanol–water partition coefficient (Wildman–Crippen LogP) is 4.64. The molecule has 1 heterocycles. The number of benzene rings is 3. The number of fused-ring (bicyclic) bond motifs is 1. The highest BCUT2D eigenvalue weighted by atomic mass is 16.5. The van der Waals surface area contributed by atoms with E-state index >= 15 is 0 Å². The first-order chi connectivity index (χ1) is 15.7. The normalized spacial score (nSPS) is 12.5. The van der Waals surface area contributed by atoms with E-state index in [4.69, 9.17) is 9.47 Å². The third kappa shape index (κ3) is 4.39. The van der Waals surface area contributed by atoms with Crippen LogP contribution in [0.2, 0.25) is 0 Å². The lowest BCUT2D eigenvalue weighted by Gasteiger charge is -2.14. The Morgan fingerprint density at radius 2 is 1.42 bits per heavy atom. The van der Waals surface area contributed by atoms with Crippen LogP contribution in [0.4, 0.5) is 5.69 Å². The quantitative estimate of drug-likeness (QED) is 0.407. The number of ether oxygens (including phenoxy) is 2. The molecule has 3 aromatic carbocycles. The molecule has 1 aliphatic heterocycles. The number of carbonyl (C=O) groups excluding carboxylic acids is 4. The van der Waals surface area contributed by atoms with Crippen LogP contribution < -0.4 is 9.64 Å². The summed E-state index contributed by atoms with van der Waals surface area (Å²) >= 11 is 0. The number of amides is 2.